The van der Waals surface area contributed by atoms with E-state index in [2.05, 4.69) is 4.90 Å². The number of ether oxygens (including phenoxy) is 1. The van der Waals surface area contributed by atoms with Gasteiger partial charge in [0.15, 0.2) is 5.78 Å². The van der Waals surface area contributed by atoms with Crippen molar-refractivity contribution < 1.29 is 14.6 Å². The minimum Gasteiger partial charge on any atom is -0.507 e. The Labute approximate surface area is 108 Å². The van der Waals surface area contributed by atoms with Crippen LogP contribution in [-0.2, 0) is 4.74 Å². The van der Waals surface area contributed by atoms with Gasteiger partial charge in [-0.15, -0.1) is 0 Å². The minimum atomic E-state index is -0.128. The van der Waals surface area contributed by atoms with Gasteiger partial charge >= 0.3 is 0 Å². The van der Waals surface area contributed by atoms with E-state index in [4.69, 9.17) is 4.74 Å². The SMILES string of the molecule is CCOCCN(CC)c1ccc(C(C)=O)c(O)c1. The molecule has 0 aliphatic rings. The van der Waals surface area contributed by atoms with Gasteiger partial charge in [0.1, 0.15) is 5.75 Å². The fourth-order valence-corrected chi connectivity index (χ4v) is 1.80. The van der Waals surface area contributed by atoms with Crippen molar-refractivity contribution in [2.45, 2.75) is 20.8 Å². The highest BCUT2D eigenvalue weighted by molar-refractivity contribution is 5.97. The third kappa shape index (κ3) is 3.74. The summed E-state index contributed by atoms with van der Waals surface area (Å²) in [4.78, 5) is 13.3. The number of benzene rings is 1. The third-order valence-electron chi connectivity index (χ3n) is 2.82. The molecule has 0 aliphatic carbocycles. The smallest absolute Gasteiger partial charge is 0.163 e. The number of carbonyl (C=O) groups excluding carboxylic acids is 1. The largest absolute Gasteiger partial charge is 0.507 e. The summed E-state index contributed by atoms with van der Waals surface area (Å²) < 4.78 is 5.32. The topological polar surface area (TPSA) is 49.8 Å². The van der Waals surface area contributed by atoms with E-state index in [1.807, 2.05) is 19.9 Å². The second-order valence-corrected chi connectivity index (χ2v) is 4.03. The number of likely N-dealkylation sites (N-methyl/N-ethyl adjacent to an activating group) is 1. The molecule has 4 heteroatoms. The molecule has 0 atom stereocenters. The molecule has 0 heterocycles. The summed E-state index contributed by atoms with van der Waals surface area (Å²) in [6, 6.07) is 5.15. The molecular formula is C14H21NO3. The highest BCUT2D eigenvalue weighted by atomic mass is 16.5. The van der Waals surface area contributed by atoms with Crippen molar-refractivity contribution in [3.05, 3.63) is 23.8 Å². The molecule has 0 radical (unpaired) electrons. The van der Waals surface area contributed by atoms with E-state index in [-0.39, 0.29) is 11.5 Å². The first-order valence-corrected chi connectivity index (χ1v) is 6.26. The molecule has 0 aromatic heterocycles. The number of rotatable bonds is 7. The summed E-state index contributed by atoms with van der Waals surface area (Å²) in [5.41, 5.74) is 1.26. The van der Waals surface area contributed by atoms with Crippen LogP contribution in [0.25, 0.3) is 0 Å². The normalized spacial score (nSPS) is 10.4. The van der Waals surface area contributed by atoms with Gasteiger partial charge in [0.25, 0.3) is 0 Å². The molecule has 0 unspecified atom stereocenters. The van der Waals surface area contributed by atoms with Crippen LogP contribution in [-0.4, -0.2) is 37.2 Å². The van der Waals surface area contributed by atoms with E-state index in [0.717, 1.165) is 18.8 Å². The van der Waals surface area contributed by atoms with Crippen molar-refractivity contribution in [2.24, 2.45) is 0 Å². The van der Waals surface area contributed by atoms with Gasteiger partial charge < -0.3 is 14.7 Å². The molecule has 0 bridgehead atoms. The Kier molecular flexibility index (Phi) is 5.65. The van der Waals surface area contributed by atoms with E-state index >= 15 is 0 Å². The van der Waals surface area contributed by atoms with Gasteiger partial charge in [0.05, 0.1) is 12.2 Å². The molecule has 0 aliphatic heterocycles. The number of hydrogen-bond acceptors (Lipinski definition) is 4. The fourth-order valence-electron chi connectivity index (χ4n) is 1.80. The van der Waals surface area contributed by atoms with E-state index in [9.17, 15) is 9.90 Å². The van der Waals surface area contributed by atoms with Crippen LogP contribution >= 0.6 is 0 Å². The summed E-state index contributed by atoms with van der Waals surface area (Å²) in [6.45, 7) is 8.40. The molecule has 1 rings (SSSR count). The van der Waals surface area contributed by atoms with Gasteiger partial charge in [0, 0.05) is 31.5 Å². The number of phenols is 1. The standard InChI is InChI=1S/C14H21NO3/c1-4-15(8-9-18-5-2)12-6-7-13(11(3)16)14(17)10-12/h6-7,10,17H,4-5,8-9H2,1-3H3. The number of aromatic hydroxyl groups is 1. The number of Topliss-reactive ketones (excluding diaryl/α,β-unsaturated/α-hetero) is 1. The zero-order chi connectivity index (χ0) is 13.5. The lowest BCUT2D eigenvalue weighted by Crippen LogP contribution is -2.27. The predicted octanol–water partition coefficient (Wildman–Crippen LogP) is 2.46. The molecule has 0 saturated carbocycles. The average molecular weight is 251 g/mol. The lowest BCUT2D eigenvalue weighted by molar-refractivity contribution is 0.101. The predicted molar refractivity (Wildman–Crippen MR) is 72.5 cm³/mol. The molecule has 0 amide bonds. The summed E-state index contributed by atoms with van der Waals surface area (Å²) in [5.74, 6) is -0.0914. The first-order valence-electron chi connectivity index (χ1n) is 6.26. The Morgan fingerprint density at radius 3 is 2.61 bits per heavy atom. The molecule has 4 nitrogen and oxygen atoms in total. The molecule has 100 valence electrons. The van der Waals surface area contributed by atoms with Crippen LogP contribution in [0.3, 0.4) is 0 Å². The van der Waals surface area contributed by atoms with Crippen LogP contribution in [0.4, 0.5) is 5.69 Å². The number of carbonyl (C=O) groups is 1. The van der Waals surface area contributed by atoms with Crippen LogP contribution in [0.15, 0.2) is 18.2 Å². The first kappa shape index (κ1) is 14.5. The number of ketones is 1. The first-order chi connectivity index (χ1) is 8.60. The summed E-state index contributed by atoms with van der Waals surface area (Å²) in [5, 5.41) is 9.80. The van der Waals surface area contributed by atoms with E-state index in [0.29, 0.717) is 18.8 Å². The van der Waals surface area contributed by atoms with Crippen LogP contribution in [0, 0.1) is 0 Å². The highest BCUT2D eigenvalue weighted by Gasteiger charge is 2.10. The molecule has 0 saturated heterocycles. The van der Waals surface area contributed by atoms with Gasteiger partial charge in [-0.05, 0) is 32.9 Å². The van der Waals surface area contributed by atoms with Gasteiger partial charge in [-0.3, -0.25) is 4.79 Å². The Hall–Kier alpha value is -1.55. The quantitative estimate of drug-likeness (QED) is 0.597. The van der Waals surface area contributed by atoms with E-state index < -0.39 is 0 Å². The third-order valence-corrected chi connectivity index (χ3v) is 2.82. The Morgan fingerprint density at radius 1 is 1.39 bits per heavy atom. The molecule has 1 aromatic carbocycles. The molecular weight excluding hydrogens is 230 g/mol. The van der Waals surface area contributed by atoms with Crippen LogP contribution in [0.2, 0.25) is 0 Å². The lowest BCUT2D eigenvalue weighted by Gasteiger charge is -2.23. The molecule has 0 spiro atoms. The summed E-state index contributed by atoms with van der Waals surface area (Å²) in [7, 11) is 0. The maximum Gasteiger partial charge on any atom is 0.163 e. The molecule has 18 heavy (non-hydrogen) atoms. The monoisotopic (exact) mass is 251 g/mol. The zero-order valence-corrected chi connectivity index (χ0v) is 11.3. The maximum atomic E-state index is 11.2. The van der Waals surface area contributed by atoms with Crippen molar-refractivity contribution in [1.82, 2.24) is 0 Å². The second-order valence-electron chi connectivity index (χ2n) is 4.03. The van der Waals surface area contributed by atoms with Gasteiger partial charge in [-0.25, -0.2) is 0 Å². The Bertz CT molecular complexity index is 404. The Morgan fingerprint density at radius 2 is 2.11 bits per heavy atom. The van der Waals surface area contributed by atoms with Gasteiger partial charge in [0.2, 0.25) is 0 Å². The summed E-state index contributed by atoms with van der Waals surface area (Å²) >= 11 is 0. The van der Waals surface area contributed by atoms with Gasteiger partial charge in [-0.1, -0.05) is 0 Å². The molecule has 1 N–H and O–H groups in total. The minimum absolute atomic E-state index is 0.0369. The van der Waals surface area contributed by atoms with Crippen molar-refractivity contribution in [2.75, 3.05) is 31.2 Å². The van der Waals surface area contributed by atoms with Crippen molar-refractivity contribution in [3.8, 4) is 5.75 Å². The second kappa shape index (κ2) is 7.01. The maximum absolute atomic E-state index is 11.2. The molecule has 1 aromatic rings. The van der Waals surface area contributed by atoms with Crippen LogP contribution in [0.1, 0.15) is 31.1 Å². The number of phenolic OH excluding ortho intramolecular Hbond substituents is 1. The van der Waals surface area contributed by atoms with Gasteiger partial charge in [-0.2, -0.15) is 0 Å². The van der Waals surface area contributed by atoms with E-state index in [1.165, 1.54) is 6.92 Å². The van der Waals surface area contributed by atoms with Crippen LogP contribution < -0.4 is 4.90 Å². The number of hydrogen-bond donors (Lipinski definition) is 1. The average Bonchev–Trinajstić information content (AvgIpc) is 2.34. The summed E-state index contributed by atoms with van der Waals surface area (Å²) in [6.07, 6.45) is 0. The number of anilines is 1. The van der Waals surface area contributed by atoms with Crippen molar-refractivity contribution >= 4 is 11.5 Å². The highest BCUT2D eigenvalue weighted by Crippen LogP contribution is 2.24. The fraction of sp³-hybridized carbons (Fsp3) is 0.500. The van der Waals surface area contributed by atoms with Crippen molar-refractivity contribution in [1.29, 1.82) is 0 Å². The zero-order valence-electron chi connectivity index (χ0n) is 11.3. The Balaban J connectivity index is 2.80. The lowest BCUT2D eigenvalue weighted by atomic mass is 10.1. The number of nitrogens with zero attached hydrogens (tertiary/aromatic N) is 1. The molecule has 0 fully saturated rings. The van der Waals surface area contributed by atoms with E-state index in [1.54, 1.807) is 12.1 Å². The van der Waals surface area contributed by atoms with Crippen molar-refractivity contribution in [3.63, 3.8) is 0 Å². The van der Waals surface area contributed by atoms with Crippen LogP contribution in [0.5, 0.6) is 5.75 Å².